The molecule has 0 spiro atoms. The quantitative estimate of drug-likeness (QED) is 0.362. The molecule has 0 bridgehead atoms. The zero-order valence-corrected chi connectivity index (χ0v) is 18.1. The summed E-state index contributed by atoms with van der Waals surface area (Å²) in [6.07, 6.45) is 0.105. The molecule has 0 unspecified atom stereocenters. The first-order chi connectivity index (χ1) is 15.8. The minimum Gasteiger partial charge on any atom is -0.495 e. The van der Waals surface area contributed by atoms with Crippen molar-refractivity contribution in [1.29, 1.82) is 0 Å². The van der Waals surface area contributed by atoms with Crippen LogP contribution in [0.1, 0.15) is 28.2 Å². The average Bonchev–Trinajstić information content (AvgIpc) is 3.20. The Morgan fingerprint density at radius 3 is 2.18 bits per heavy atom. The van der Waals surface area contributed by atoms with Crippen LogP contribution in [0, 0.1) is 6.92 Å². The molecule has 0 saturated heterocycles. The van der Waals surface area contributed by atoms with Gasteiger partial charge in [0.2, 0.25) is 0 Å². The molecular formula is C25H22F3N3O2. The minimum atomic E-state index is -4.70. The summed E-state index contributed by atoms with van der Waals surface area (Å²) in [6.45, 7) is 1.93. The maximum Gasteiger partial charge on any atom is 0.573 e. The normalized spacial score (nSPS) is 11.4. The second-order valence-corrected chi connectivity index (χ2v) is 7.59. The van der Waals surface area contributed by atoms with Gasteiger partial charge in [-0.1, -0.05) is 24.3 Å². The Labute approximate surface area is 189 Å². The molecular weight excluding hydrogens is 431 g/mol. The standard InChI is InChI=1S/C25H22F3N3O2/c1-17-15-31(16-29-17)23-11-8-19(14-24(23)32-2)13-21-5-3-4-20(30-21)12-18-6-9-22(10-7-18)33-25(26,27)28/h3-11,14-16H,12-13H2,1-2H3. The fraction of sp³-hybridized carbons (Fsp3) is 0.200. The van der Waals surface area contributed by atoms with Crippen molar-refractivity contribution in [3.63, 3.8) is 0 Å². The van der Waals surface area contributed by atoms with Crippen LogP contribution in [-0.2, 0) is 12.8 Å². The molecule has 4 aromatic rings. The predicted octanol–water partition coefficient (Wildman–Crippen LogP) is 5.66. The molecule has 0 aliphatic carbocycles. The van der Waals surface area contributed by atoms with E-state index in [1.807, 2.05) is 54.1 Å². The van der Waals surface area contributed by atoms with Crippen LogP contribution in [-0.4, -0.2) is 28.0 Å². The molecule has 0 amide bonds. The molecule has 0 aliphatic heterocycles. The van der Waals surface area contributed by atoms with Gasteiger partial charge in [0, 0.05) is 30.4 Å². The van der Waals surface area contributed by atoms with Crippen LogP contribution >= 0.6 is 0 Å². The van der Waals surface area contributed by atoms with Crippen LogP contribution in [0.4, 0.5) is 13.2 Å². The number of ether oxygens (including phenoxy) is 2. The molecule has 2 heterocycles. The highest BCUT2D eigenvalue weighted by molar-refractivity contribution is 5.49. The van der Waals surface area contributed by atoms with E-state index in [4.69, 9.17) is 9.72 Å². The third kappa shape index (κ3) is 5.91. The summed E-state index contributed by atoms with van der Waals surface area (Å²) in [5.41, 5.74) is 5.43. The number of nitrogens with zero attached hydrogens (tertiary/aromatic N) is 3. The number of hydrogen-bond acceptors (Lipinski definition) is 4. The minimum absolute atomic E-state index is 0.240. The predicted molar refractivity (Wildman–Crippen MR) is 118 cm³/mol. The zero-order valence-electron chi connectivity index (χ0n) is 18.1. The van der Waals surface area contributed by atoms with Gasteiger partial charge in [0.1, 0.15) is 11.5 Å². The summed E-state index contributed by atoms with van der Waals surface area (Å²) in [4.78, 5) is 8.98. The zero-order chi connectivity index (χ0) is 23.4. The van der Waals surface area contributed by atoms with E-state index in [-0.39, 0.29) is 5.75 Å². The van der Waals surface area contributed by atoms with Crippen molar-refractivity contribution < 1.29 is 22.6 Å². The smallest absolute Gasteiger partial charge is 0.495 e. The van der Waals surface area contributed by atoms with Crippen molar-refractivity contribution in [2.24, 2.45) is 0 Å². The highest BCUT2D eigenvalue weighted by atomic mass is 19.4. The molecule has 0 atom stereocenters. The van der Waals surface area contributed by atoms with Crippen molar-refractivity contribution in [1.82, 2.24) is 14.5 Å². The Balaban J connectivity index is 1.47. The van der Waals surface area contributed by atoms with Gasteiger partial charge < -0.3 is 14.0 Å². The van der Waals surface area contributed by atoms with Crippen molar-refractivity contribution in [2.75, 3.05) is 7.11 Å². The Bertz CT molecular complexity index is 1230. The van der Waals surface area contributed by atoms with Crippen LogP contribution < -0.4 is 9.47 Å². The third-order valence-electron chi connectivity index (χ3n) is 5.03. The molecule has 2 aromatic carbocycles. The van der Waals surface area contributed by atoms with Gasteiger partial charge in [0.05, 0.1) is 24.8 Å². The van der Waals surface area contributed by atoms with Crippen LogP contribution in [0.2, 0.25) is 0 Å². The van der Waals surface area contributed by atoms with Gasteiger partial charge >= 0.3 is 6.36 Å². The number of alkyl halides is 3. The second kappa shape index (κ2) is 9.36. The number of rotatable bonds is 7. The molecule has 0 saturated carbocycles. The lowest BCUT2D eigenvalue weighted by molar-refractivity contribution is -0.274. The molecule has 0 aliphatic rings. The van der Waals surface area contributed by atoms with E-state index in [1.165, 1.54) is 12.1 Å². The van der Waals surface area contributed by atoms with E-state index < -0.39 is 6.36 Å². The first-order valence-corrected chi connectivity index (χ1v) is 10.3. The summed E-state index contributed by atoms with van der Waals surface area (Å²) in [6, 6.07) is 17.6. The van der Waals surface area contributed by atoms with E-state index in [2.05, 4.69) is 9.72 Å². The summed E-state index contributed by atoms with van der Waals surface area (Å²) >= 11 is 0. The molecule has 5 nitrogen and oxygen atoms in total. The number of halogens is 3. The Hall–Kier alpha value is -3.81. The van der Waals surface area contributed by atoms with E-state index in [1.54, 1.807) is 25.6 Å². The van der Waals surface area contributed by atoms with E-state index in [0.29, 0.717) is 12.8 Å². The highest BCUT2D eigenvalue weighted by Crippen LogP contribution is 2.26. The lowest BCUT2D eigenvalue weighted by Crippen LogP contribution is -2.17. The lowest BCUT2D eigenvalue weighted by Gasteiger charge is -2.12. The molecule has 0 radical (unpaired) electrons. The van der Waals surface area contributed by atoms with Gasteiger partial charge in [0.25, 0.3) is 0 Å². The number of benzene rings is 2. The summed E-state index contributed by atoms with van der Waals surface area (Å²) in [7, 11) is 1.64. The topological polar surface area (TPSA) is 49.2 Å². The highest BCUT2D eigenvalue weighted by Gasteiger charge is 2.30. The monoisotopic (exact) mass is 453 g/mol. The maximum atomic E-state index is 12.3. The maximum absolute atomic E-state index is 12.3. The Kier molecular flexibility index (Phi) is 6.35. The van der Waals surface area contributed by atoms with Crippen molar-refractivity contribution >= 4 is 0 Å². The molecule has 33 heavy (non-hydrogen) atoms. The van der Waals surface area contributed by atoms with E-state index in [9.17, 15) is 13.2 Å². The Morgan fingerprint density at radius 2 is 1.58 bits per heavy atom. The number of imidazole rings is 1. The number of pyridine rings is 1. The van der Waals surface area contributed by atoms with E-state index >= 15 is 0 Å². The van der Waals surface area contributed by atoms with Gasteiger partial charge in [-0.25, -0.2) is 4.98 Å². The SMILES string of the molecule is COc1cc(Cc2cccc(Cc3ccc(OC(F)(F)F)cc3)n2)ccc1-n1cnc(C)c1. The average molecular weight is 453 g/mol. The van der Waals surface area contributed by atoms with Crippen LogP contribution in [0.25, 0.3) is 5.69 Å². The first-order valence-electron chi connectivity index (χ1n) is 10.3. The molecule has 2 aromatic heterocycles. The first kappa shape index (κ1) is 22.4. The number of methoxy groups -OCH3 is 1. The van der Waals surface area contributed by atoms with Crippen molar-refractivity contribution in [3.05, 3.63) is 101 Å². The summed E-state index contributed by atoms with van der Waals surface area (Å²) in [5.74, 6) is 0.499. The van der Waals surface area contributed by atoms with Gasteiger partial charge in [0.15, 0.2) is 0 Å². The van der Waals surface area contributed by atoms with Crippen molar-refractivity contribution in [2.45, 2.75) is 26.1 Å². The molecule has 0 fully saturated rings. The lowest BCUT2D eigenvalue weighted by atomic mass is 10.1. The summed E-state index contributed by atoms with van der Waals surface area (Å²) in [5, 5.41) is 0. The van der Waals surface area contributed by atoms with Gasteiger partial charge in [-0.05, 0) is 54.4 Å². The summed E-state index contributed by atoms with van der Waals surface area (Å²) < 4.78 is 48.4. The van der Waals surface area contributed by atoms with Gasteiger partial charge in [-0.15, -0.1) is 13.2 Å². The largest absolute Gasteiger partial charge is 0.573 e. The fourth-order valence-corrected chi connectivity index (χ4v) is 3.55. The molecule has 170 valence electrons. The van der Waals surface area contributed by atoms with Gasteiger partial charge in [-0.3, -0.25) is 4.98 Å². The van der Waals surface area contributed by atoms with Crippen LogP contribution in [0.15, 0.2) is 73.2 Å². The molecule has 0 N–H and O–H groups in total. The second-order valence-electron chi connectivity index (χ2n) is 7.59. The fourth-order valence-electron chi connectivity index (χ4n) is 3.55. The number of hydrogen-bond donors (Lipinski definition) is 0. The van der Waals surface area contributed by atoms with E-state index in [0.717, 1.165) is 39.6 Å². The van der Waals surface area contributed by atoms with Crippen molar-refractivity contribution in [3.8, 4) is 17.2 Å². The van der Waals surface area contributed by atoms with Crippen LogP contribution in [0.3, 0.4) is 0 Å². The number of aryl methyl sites for hydroxylation is 1. The van der Waals surface area contributed by atoms with Crippen LogP contribution in [0.5, 0.6) is 11.5 Å². The van der Waals surface area contributed by atoms with Gasteiger partial charge in [-0.2, -0.15) is 0 Å². The Morgan fingerprint density at radius 1 is 0.909 bits per heavy atom. The molecule has 4 rings (SSSR count). The third-order valence-corrected chi connectivity index (χ3v) is 5.03. The molecule has 8 heteroatoms. The number of aromatic nitrogens is 3.